The highest BCUT2D eigenvalue weighted by Gasteiger charge is 2.19. The minimum atomic E-state index is -0.697. The van der Waals surface area contributed by atoms with E-state index in [0.717, 1.165) is 5.56 Å². The van der Waals surface area contributed by atoms with E-state index in [1.54, 1.807) is 18.2 Å². The van der Waals surface area contributed by atoms with Crippen LogP contribution in [0.1, 0.15) is 13.3 Å². The molecule has 3 aromatic rings. The second kappa shape index (κ2) is 7.21. The van der Waals surface area contributed by atoms with Crippen LogP contribution in [0.3, 0.4) is 0 Å². The van der Waals surface area contributed by atoms with Crippen molar-refractivity contribution in [1.82, 2.24) is 0 Å². The quantitative estimate of drug-likeness (QED) is 0.662. The largest absolute Gasteiger partial charge is 0.479 e. The van der Waals surface area contributed by atoms with Crippen LogP contribution in [0.15, 0.2) is 64.0 Å². The van der Waals surface area contributed by atoms with Crippen LogP contribution in [0.4, 0.5) is 0 Å². The van der Waals surface area contributed by atoms with Crippen molar-refractivity contribution < 1.29 is 18.7 Å². The Morgan fingerprint density at radius 2 is 1.92 bits per heavy atom. The summed E-state index contributed by atoms with van der Waals surface area (Å²) in [6.45, 7) is 1.83. The fourth-order valence-electron chi connectivity index (χ4n) is 2.59. The zero-order valence-corrected chi connectivity index (χ0v) is 14.0. The van der Waals surface area contributed by atoms with Gasteiger partial charge < -0.3 is 13.9 Å². The second-order valence-corrected chi connectivity index (χ2v) is 5.54. The summed E-state index contributed by atoms with van der Waals surface area (Å²) < 4.78 is 16.0. The maximum absolute atomic E-state index is 12.7. The van der Waals surface area contributed by atoms with Crippen molar-refractivity contribution in [2.24, 2.45) is 0 Å². The fraction of sp³-hybridized carbons (Fsp3) is 0.200. The van der Waals surface area contributed by atoms with E-state index in [0.29, 0.717) is 28.7 Å². The number of hydrogen-bond donors (Lipinski definition) is 0. The molecule has 0 saturated carbocycles. The monoisotopic (exact) mass is 338 g/mol. The number of carbonyl (C=O) groups excluding carboxylic acids is 1. The molecule has 0 N–H and O–H groups in total. The van der Waals surface area contributed by atoms with Gasteiger partial charge >= 0.3 is 5.97 Å². The normalized spacial score (nSPS) is 11.9. The number of ether oxygens (including phenoxy) is 2. The minimum absolute atomic E-state index is 0.112. The van der Waals surface area contributed by atoms with Gasteiger partial charge in [-0.2, -0.15) is 0 Å². The van der Waals surface area contributed by atoms with Crippen LogP contribution < -0.4 is 10.2 Å². The van der Waals surface area contributed by atoms with Crippen LogP contribution in [0.5, 0.6) is 5.75 Å². The Balaban J connectivity index is 1.97. The van der Waals surface area contributed by atoms with Gasteiger partial charge in [-0.25, -0.2) is 4.79 Å². The van der Waals surface area contributed by atoms with Crippen LogP contribution in [-0.2, 0) is 9.53 Å². The van der Waals surface area contributed by atoms with Gasteiger partial charge in [-0.1, -0.05) is 37.3 Å². The van der Waals surface area contributed by atoms with E-state index < -0.39 is 12.1 Å². The molecule has 0 bridgehead atoms. The molecule has 1 unspecified atom stereocenters. The summed E-state index contributed by atoms with van der Waals surface area (Å²) in [7, 11) is 1.32. The molecule has 0 amide bonds. The van der Waals surface area contributed by atoms with Gasteiger partial charge in [0.05, 0.1) is 18.1 Å². The highest BCUT2D eigenvalue weighted by atomic mass is 16.6. The summed E-state index contributed by atoms with van der Waals surface area (Å²) in [6, 6.07) is 14.3. The number of carbonyl (C=O) groups is 1. The van der Waals surface area contributed by atoms with Gasteiger partial charge in [0.1, 0.15) is 17.6 Å². The van der Waals surface area contributed by atoms with Crippen LogP contribution in [0.25, 0.3) is 22.1 Å². The molecule has 3 rings (SSSR count). The molecule has 0 saturated heterocycles. The van der Waals surface area contributed by atoms with E-state index in [2.05, 4.69) is 0 Å². The number of fused-ring (bicyclic) bond motifs is 1. The Bertz CT molecular complexity index is 943. The topological polar surface area (TPSA) is 65.7 Å². The minimum Gasteiger partial charge on any atom is -0.479 e. The summed E-state index contributed by atoms with van der Waals surface area (Å²) in [5.74, 6) is 0.00355. The number of rotatable bonds is 5. The van der Waals surface area contributed by atoms with Crippen molar-refractivity contribution >= 4 is 16.9 Å². The summed E-state index contributed by atoms with van der Waals surface area (Å²) in [4.78, 5) is 24.3. The van der Waals surface area contributed by atoms with E-state index in [1.165, 1.54) is 13.4 Å². The van der Waals surface area contributed by atoms with Gasteiger partial charge in [0, 0.05) is 6.07 Å². The molecule has 0 spiro atoms. The molecule has 0 radical (unpaired) electrons. The molecular formula is C20H18O5. The van der Waals surface area contributed by atoms with Gasteiger partial charge in [0.2, 0.25) is 0 Å². The van der Waals surface area contributed by atoms with Gasteiger partial charge in [0.15, 0.2) is 11.5 Å². The van der Waals surface area contributed by atoms with Crippen molar-refractivity contribution in [3.05, 3.63) is 65.0 Å². The predicted molar refractivity (Wildman–Crippen MR) is 94.6 cm³/mol. The molecule has 1 aromatic heterocycles. The lowest BCUT2D eigenvalue weighted by molar-refractivity contribution is -0.148. The van der Waals surface area contributed by atoms with E-state index in [4.69, 9.17) is 13.9 Å². The van der Waals surface area contributed by atoms with Gasteiger partial charge in [-0.15, -0.1) is 0 Å². The molecule has 0 aliphatic heterocycles. The summed E-state index contributed by atoms with van der Waals surface area (Å²) >= 11 is 0. The van der Waals surface area contributed by atoms with Crippen molar-refractivity contribution in [3.8, 4) is 16.9 Å². The smallest absolute Gasteiger partial charge is 0.347 e. The van der Waals surface area contributed by atoms with E-state index in [-0.39, 0.29) is 5.43 Å². The molecule has 1 atom stereocenters. The Morgan fingerprint density at radius 1 is 1.16 bits per heavy atom. The third-order valence-corrected chi connectivity index (χ3v) is 3.94. The maximum atomic E-state index is 12.7. The average Bonchev–Trinajstić information content (AvgIpc) is 2.66. The standard InChI is InChI=1S/C20H18O5/c1-3-17(20(22)23-2)25-14-9-10-15-18(11-14)24-12-16(19(15)21)13-7-5-4-6-8-13/h4-12,17H,3H2,1-2H3. The first-order valence-electron chi connectivity index (χ1n) is 7.99. The maximum Gasteiger partial charge on any atom is 0.347 e. The van der Waals surface area contributed by atoms with Crippen LogP contribution in [0.2, 0.25) is 0 Å². The van der Waals surface area contributed by atoms with E-state index >= 15 is 0 Å². The molecule has 0 fully saturated rings. The Kier molecular flexibility index (Phi) is 4.84. The molecular weight excluding hydrogens is 320 g/mol. The molecule has 128 valence electrons. The molecule has 5 heteroatoms. The van der Waals surface area contributed by atoms with Gasteiger partial charge in [-0.05, 0) is 24.1 Å². The van der Waals surface area contributed by atoms with E-state index in [9.17, 15) is 9.59 Å². The first kappa shape index (κ1) is 16.8. The number of methoxy groups -OCH3 is 1. The zero-order chi connectivity index (χ0) is 17.8. The van der Waals surface area contributed by atoms with Crippen molar-refractivity contribution in [3.63, 3.8) is 0 Å². The highest BCUT2D eigenvalue weighted by molar-refractivity contribution is 5.82. The summed E-state index contributed by atoms with van der Waals surface area (Å²) in [5.41, 5.74) is 1.60. The SMILES string of the molecule is CCC(Oc1ccc2c(=O)c(-c3ccccc3)coc2c1)C(=O)OC. The third kappa shape index (κ3) is 3.40. The van der Waals surface area contributed by atoms with Crippen LogP contribution >= 0.6 is 0 Å². The third-order valence-electron chi connectivity index (χ3n) is 3.94. The van der Waals surface area contributed by atoms with E-state index in [1.807, 2.05) is 37.3 Å². The number of esters is 1. The Morgan fingerprint density at radius 3 is 2.60 bits per heavy atom. The van der Waals surface area contributed by atoms with Crippen molar-refractivity contribution in [2.75, 3.05) is 7.11 Å². The zero-order valence-electron chi connectivity index (χ0n) is 14.0. The molecule has 0 aliphatic rings. The lowest BCUT2D eigenvalue weighted by Crippen LogP contribution is -2.27. The predicted octanol–water partition coefficient (Wildman–Crippen LogP) is 3.79. The van der Waals surface area contributed by atoms with Crippen molar-refractivity contribution in [2.45, 2.75) is 19.4 Å². The first-order valence-corrected chi connectivity index (χ1v) is 7.99. The Hall–Kier alpha value is -3.08. The van der Waals surface area contributed by atoms with Crippen molar-refractivity contribution in [1.29, 1.82) is 0 Å². The first-order chi connectivity index (χ1) is 12.1. The second-order valence-electron chi connectivity index (χ2n) is 5.54. The summed E-state index contributed by atoms with van der Waals surface area (Å²) in [5, 5.41) is 0.458. The lowest BCUT2D eigenvalue weighted by Gasteiger charge is -2.15. The van der Waals surface area contributed by atoms with Crippen LogP contribution in [0, 0.1) is 0 Å². The molecule has 2 aromatic carbocycles. The lowest BCUT2D eigenvalue weighted by atomic mass is 10.1. The molecule has 5 nitrogen and oxygen atoms in total. The van der Waals surface area contributed by atoms with Gasteiger partial charge in [-0.3, -0.25) is 4.79 Å². The fourth-order valence-corrected chi connectivity index (χ4v) is 2.59. The molecule has 0 aliphatic carbocycles. The Labute approximate surface area is 144 Å². The highest BCUT2D eigenvalue weighted by Crippen LogP contribution is 2.24. The van der Waals surface area contributed by atoms with Crippen LogP contribution in [-0.4, -0.2) is 19.2 Å². The molecule has 1 heterocycles. The number of benzene rings is 2. The summed E-state index contributed by atoms with van der Waals surface area (Å²) in [6.07, 6.45) is 1.22. The van der Waals surface area contributed by atoms with Gasteiger partial charge in [0.25, 0.3) is 0 Å². The number of hydrogen-bond acceptors (Lipinski definition) is 5. The molecule has 25 heavy (non-hydrogen) atoms. The average molecular weight is 338 g/mol.